The molecule has 0 aliphatic heterocycles. The Hall–Kier alpha value is -1.14. The molecule has 21 heavy (non-hydrogen) atoms. The summed E-state index contributed by atoms with van der Waals surface area (Å²) in [5.74, 6) is 0.760. The van der Waals surface area contributed by atoms with E-state index in [1.54, 1.807) is 6.07 Å². The van der Waals surface area contributed by atoms with Gasteiger partial charge in [0.25, 0.3) is 0 Å². The maximum absolute atomic E-state index is 13.9. The number of imidazole rings is 1. The predicted molar refractivity (Wildman–Crippen MR) is 92.8 cm³/mol. The van der Waals surface area contributed by atoms with Gasteiger partial charge >= 0.3 is 0 Å². The first-order valence-electron chi connectivity index (χ1n) is 6.51. The number of halogens is 3. The second-order valence-electron chi connectivity index (χ2n) is 5.04. The summed E-state index contributed by atoms with van der Waals surface area (Å²) < 4.78 is 16.4. The number of rotatable bonds is 2. The van der Waals surface area contributed by atoms with Crippen molar-refractivity contribution in [3.63, 3.8) is 0 Å². The third kappa shape index (κ3) is 2.55. The van der Waals surface area contributed by atoms with Gasteiger partial charge in [0.2, 0.25) is 0 Å². The number of alkyl halides is 1. The third-order valence-electron chi connectivity index (χ3n) is 3.48. The molecule has 3 rings (SSSR count). The number of hydrogen-bond donors (Lipinski definition) is 0. The van der Waals surface area contributed by atoms with E-state index in [0.717, 1.165) is 28.1 Å². The number of benzene rings is 2. The van der Waals surface area contributed by atoms with Gasteiger partial charge in [-0.25, -0.2) is 9.37 Å². The zero-order chi connectivity index (χ0) is 15.1. The molecular formula is C16H13ClFIN2. The van der Waals surface area contributed by atoms with E-state index >= 15 is 0 Å². The van der Waals surface area contributed by atoms with Crippen LogP contribution in [-0.2, 0) is 5.88 Å². The topological polar surface area (TPSA) is 17.8 Å². The first-order valence-corrected chi connectivity index (χ1v) is 8.12. The molecule has 0 N–H and O–H groups in total. The molecular weight excluding hydrogens is 402 g/mol. The molecule has 5 heteroatoms. The molecule has 0 fully saturated rings. The third-order valence-corrected chi connectivity index (χ3v) is 4.54. The van der Waals surface area contributed by atoms with Gasteiger partial charge in [-0.2, -0.15) is 0 Å². The number of fused-ring (bicyclic) bond motifs is 1. The zero-order valence-corrected chi connectivity index (χ0v) is 14.5. The van der Waals surface area contributed by atoms with Gasteiger partial charge in [0, 0.05) is 6.07 Å². The predicted octanol–water partition coefficient (Wildman–Crippen LogP) is 5.12. The Morgan fingerprint density at radius 2 is 2.00 bits per heavy atom. The van der Waals surface area contributed by atoms with Crippen molar-refractivity contribution in [1.82, 2.24) is 9.55 Å². The van der Waals surface area contributed by atoms with Crippen molar-refractivity contribution in [2.75, 3.05) is 0 Å². The maximum Gasteiger partial charge on any atom is 0.138 e. The lowest BCUT2D eigenvalue weighted by molar-refractivity contribution is 0.621. The lowest BCUT2D eigenvalue weighted by atomic mass is 10.1. The number of aromatic nitrogens is 2. The Bertz CT molecular complexity index is 842. The molecule has 0 radical (unpaired) electrons. The van der Waals surface area contributed by atoms with Crippen LogP contribution in [0.1, 0.15) is 17.0 Å². The second kappa shape index (κ2) is 5.57. The quantitative estimate of drug-likeness (QED) is 0.420. The second-order valence-corrected chi connectivity index (χ2v) is 6.47. The first kappa shape index (κ1) is 14.8. The normalized spacial score (nSPS) is 11.3. The molecule has 3 aromatic rings. The standard InChI is InChI=1S/C16H13ClFIN2/c1-9-3-4-14(10(2)5-9)21-15-6-11(18)12(19)7-13(15)20-16(21)8-17/h3-7H,8H2,1-2H3. The molecule has 0 atom stereocenters. The van der Waals surface area contributed by atoms with Crippen LogP contribution in [0, 0.1) is 23.2 Å². The average Bonchev–Trinajstić information content (AvgIpc) is 2.77. The van der Waals surface area contributed by atoms with E-state index in [-0.39, 0.29) is 11.7 Å². The Balaban J connectivity index is 2.37. The van der Waals surface area contributed by atoms with Crippen LogP contribution in [-0.4, -0.2) is 9.55 Å². The van der Waals surface area contributed by atoms with Crippen LogP contribution < -0.4 is 0 Å². The molecule has 0 bridgehead atoms. The van der Waals surface area contributed by atoms with Crippen LogP contribution in [0.2, 0.25) is 0 Å². The molecule has 1 heterocycles. The van der Waals surface area contributed by atoms with Gasteiger partial charge in [0.1, 0.15) is 11.6 Å². The van der Waals surface area contributed by atoms with Gasteiger partial charge in [0.15, 0.2) is 0 Å². The number of aryl methyl sites for hydroxylation is 2. The van der Waals surface area contributed by atoms with Gasteiger partial charge < -0.3 is 0 Å². The number of hydrogen-bond acceptors (Lipinski definition) is 1. The van der Waals surface area contributed by atoms with Crippen LogP contribution in [0.25, 0.3) is 16.7 Å². The van der Waals surface area contributed by atoms with E-state index in [1.165, 1.54) is 11.6 Å². The molecule has 2 nitrogen and oxygen atoms in total. The summed E-state index contributed by atoms with van der Waals surface area (Å²) in [5.41, 5.74) is 4.79. The van der Waals surface area contributed by atoms with Gasteiger partial charge in [-0.1, -0.05) is 17.7 Å². The SMILES string of the molecule is Cc1ccc(-n2c(CCl)nc3cc(I)c(F)cc32)c(C)c1. The molecule has 0 spiro atoms. The zero-order valence-electron chi connectivity index (χ0n) is 11.6. The lowest BCUT2D eigenvalue weighted by Gasteiger charge is -2.12. The molecule has 1 aromatic heterocycles. The van der Waals surface area contributed by atoms with Crippen molar-refractivity contribution >= 4 is 45.2 Å². The number of nitrogens with zero attached hydrogens (tertiary/aromatic N) is 2. The Morgan fingerprint density at radius 3 is 2.67 bits per heavy atom. The van der Waals surface area contributed by atoms with E-state index in [9.17, 15) is 4.39 Å². The Morgan fingerprint density at radius 1 is 1.24 bits per heavy atom. The summed E-state index contributed by atoms with van der Waals surface area (Å²) in [5, 5.41) is 0. The van der Waals surface area contributed by atoms with Crippen molar-refractivity contribution in [3.05, 3.63) is 56.7 Å². The van der Waals surface area contributed by atoms with Crippen LogP contribution >= 0.6 is 34.2 Å². The maximum atomic E-state index is 13.9. The minimum Gasteiger partial charge on any atom is -0.295 e. The minimum absolute atomic E-state index is 0.241. The summed E-state index contributed by atoms with van der Waals surface area (Å²) in [6, 6.07) is 9.44. The Labute approximate surface area is 141 Å². The van der Waals surface area contributed by atoms with Crippen molar-refractivity contribution in [1.29, 1.82) is 0 Å². The van der Waals surface area contributed by atoms with Crippen molar-refractivity contribution in [2.24, 2.45) is 0 Å². The van der Waals surface area contributed by atoms with Crippen molar-refractivity contribution < 1.29 is 4.39 Å². The summed E-state index contributed by atoms with van der Waals surface area (Å²) >= 11 is 8.01. The fourth-order valence-electron chi connectivity index (χ4n) is 2.54. The fraction of sp³-hybridized carbons (Fsp3) is 0.188. The minimum atomic E-state index is -0.241. The van der Waals surface area contributed by atoms with E-state index in [2.05, 4.69) is 11.1 Å². The molecule has 0 saturated heterocycles. The molecule has 2 aromatic carbocycles. The summed E-state index contributed by atoms with van der Waals surface area (Å²) in [4.78, 5) is 4.53. The average molecular weight is 415 g/mol. The highest BCUT2D eigenvalue weighted by molar-refractivity contribution is 14.1. The van der Waals surface area contributed by atoms with Gasteiger partial charge in [0.05, 0.1) is 26.2 Å². The fourth-order valence-corrected chi connectivity index (χ4v) is 3.17. The first-order chi connectivity index (χ1) is 10.0. The van der Waals surface area contributed by atoms with Crippen molar-refractivity contribution in [3.8, 4) is 5.69 Å². The van der Waals surface area contributed by atoms with E-state index in [0.29, 0.717) is 3.57 Å². The van der Waals surface area contributed by atoms with E-state index < -0.39 is 0 Å². The highest BCUT2D eigenvalue weighted by Crippen LogP contribution is 2.27. The molecule has 0 unspecified atom stereocenters. The van der Waals surface area contributed by atoms with Gasteiger partial charge in [-0.05, 0) is 54.1 Å². The molecule has 0 saturated carbocycles. The smallest absolute Gasteiger partial charge is 0.138 e. The van der Waals surface area contributed by atoms with E-state index in [1.807, 2.05) is 53.1 Å². The van der Waals surface area contributed by atoms with Crippen LogP contribution in [0.5, 0.6) is 0 Å². The Kier molecular flexibility index (Phi) is 3.92. The summed E-state index contributed by atoms with van der Waals surface area (Å²) in [6.07, 6.45) is 0. The van der Waals surface area contributed by atoms with Crippen molar-refractivity contribution in [2.45, 2.75) is 19.7 Å². The monoisotopic (exact) mass is 414 g/mol. The van der Waals surface area contributed by atoms with Gasteiger partial charge in [-0.15, -0.1) is 11.6 Å². The largest absolute Gasteiger partial charge is 0.295 e. The van der Waals surface area contributed by atoms with Crippen LogP contribution in [0.15, 0.2) is 30.3 Å². The van der Waals surface area contributed by atoms with Crippen LogP contribution in [0.4, 0.5) is 4.39 Å². The van der Waals surface area contributed by atoms with Gasteiger partial charge in [-0.3, -0.25) is 4.57 Å². The molecule has 0 aliphatic carbocycles. The molecule has 0 amide bonds. The molecule has 0 aliphatic rings. The van der Waals surface area contributed by atoms with Crippen LogP contribution in [0.3, 0.4) is 0 Å². The molecule has 108 valence electrons. The summed E-state index contributed by atoms with van der Waals surface area (Å²) in [6.45, 7) is 4.09. The summed E-state index contributed by atoms with van der Waals surface area (Å²) in [7, 11) is 0. The van der Waals surface area contributed by atoms with E-state index in [4.69, 9.17) is 11.6 Å². The highest BCUT2D eigenvalue weighted by atomic mass is 127. The highest BCUT2D eigenvalue weighted by Gasteiger charge is 2.15. The lowest BCUT2D eigenvalue weighted by Crippen LogP contribution is -2.02.